The summed E-state index contributed by atoms with van der Waals surface area (Å²) in [6, 6.07) is 2.62. The number of hydrogen-bond acceptors (Lipinski definition) is 6. The lowest BCUT2D eigenvalue weighted by molar-refractivity contribution is 0.270. The summed E-state index contributed by atoms with van der Waals surface area (Å²) in [5, 5.41) is 0. The fourth-order valence-electron chi connectivity index (χ4n) is 2.74. The van der Waals surface area contributed by atoms with Crippen molar-refractivity contribution in [1.82, 2.24) is 14.9 Å². The van der Waals surface area contributed by atoms with Crippen molar-refractivity contribution in [2.75, 3.05) is 37.0 Å². The fourth-order valence-corrected chi connectivity index (χ4v) is 2.74. The molecule has 0 radical (unpaired) electrons. The van der Waals surface area contributed by atoms with Gasteiger partial charge in [0.1, 0.15) is 5.82 Å². The average molecular weight is 264 g/mol. The third kappa shape index (κ3) is 3.33. The lowest BCUT2D eigenvalue weighted by atomic mass is 10.2. The highest BCUT2D eigenvalue weighted by Gasteiger charge is 2.24. The van der Waals surface area contributed by atoms with Gasteiger partial charge in [0.25, 0.3) is 0 Å². The number of likely N-dealkylation sites (N-methyl/N-ethyl adjacent to an activating group) is 2. The highest BCUT2D eigenvalue weighted by Crippen LogP contribution is 2.20. The van der Waals surface area contributed by atoms with Crippen molar-refractivity contribution in [1.29, 1.82) is 0 Å². The molecule has 1 unspecified atom stereocenters. The van der Waals surface area contributed by atoms with Crippen LogP contribution in [-0.2, 0) is 0 Å². The minimum Gasteiger partial charge on any atom is -0.358 e. The van der Waals surface area contributed by atoms with Crippen LogP contribution in [0.15, 0.2) is 6.07 Å². The van der Waals surface area contributed by atoms with Crippen LogP contribution in [0.4, 0.5) is 11.8 Å². The van der Waals surface area contributed by atoms with Crippen molar-refractivity contribution in [3.63, 3.8) is 0 Å². The maximum absolute atomic E-state index is 5.39. The topological polar surface area (TPSA) is 70.3 Å². The summed E-state index contributed by atoms with van der Waals surface area (Å²) in [5.74, 6) is 6.79. The molecule has 0 aromatic carbocycles. The predicted molar refractivity (Wildman–Crippen MR) is 78.1 cm³/mol. The second kappa shape index (κ2) is 6.16. The number of nitrogens with two attached hydrogens (primary N) is 1. The van der Waals surface area contributed by atoms with Gasteiger partial charge in [-0.2, -0.15) is 4.98 Å². The van der Waals surface area contributed by atoms with Crippen molar-refractivity contribution in [3.8, 4) is 0 Å². The first kappa shape index (κ1) is 14.0. The molecule has 106 valence electrons. The summed E-state index contributed by atoms with van der Waals surface area (Å²) in [5.41, 5.74) is 3.44. The second-order valence-corrected chi connectivity index (χ2v) is 5.14. The molecule has 1 aliphatic heterocycles. The summed E-state index contributed by atoms with van der Waals surface area (Å²) in [7, 11) is 2.08. The molecule has 1 saturated heterocycles. The van der Waals surface area contributed by atoms with Crippen LogP contribution in [0.25, 0.3) is 0 Å². The van der Waals surface area contributed by atoms with E-state index in [1.807, 2.05) is 13.0 Å². The Balaban J connectivity index is 2.06. The van der Waals surface area contributed by atoms with Crippen molar-refractivity contribution in [2.45, 2.75) is 32.7 Å². The van der Waals surface area contributed by atoms with E-state index in [0.29, 0.717) is 12.0 Å². The van der Waals surface area contributed by atoms with Crippen molar-refractivity contribution in [3.05, 3.63) is 11.8 Å². The summed E-state index contributed by atoms with van der Waals surface area (Å²) in [6.07, 6.45) is 2.56. The van der Waals surface area contributed by atoms with Crippen LogP contribution in [0.5, 0.6) is 0 Å². The summed E-state index contributed by atoms with van der Waals surface area (Å²) >= 11 is 0. The fraction of sp³-hybridized carbons (Fsp3) is 0.692. The molecule has 6 nitrogen and oxygen atoms in total. The quantitative estimate of drug-likeness (QED) is 0.610. The van der Waals surface area contributed by atoms with Gasteiger partial charge >= 0.3 is 0 Å². The van der Waals surface area contributed by atoms with E-state index in [2.05, 4.69) is 39.2 Å². The Morgan fingerprint density at radius 2 is 2.32 bits per heavy atom. The molecule has 1 aromatic rings. The van der Waals surface area contributed by atoms with E-state index in [4.69, 9.17) is 5.84 Å². The first-order chi connectivity index (χ1) is 9.13. The lowest BCUT2D eigenvalue weighted by Gasteiger charge is -2.28. The molecule has 6 heteroatoms. The van der Waals surface area contributed by atoms with E-state index in [0.717, 1.165) is 24.6 Å². The SMILES string of the molecule is CCN1CCCC1CN(C)c1cc(C)nc(NN)n1. The Bertz CT molecular complexity index is 422. The van der Waals surface area contributed by atoms with Gasteiger partial charge in [0.05, 0.1) is 0 Å². The monoisotopic (exact) mass is 264 g/mol. The highest BCUT2D eigenvalue weighted by molar-refractivity contribution is 5.43. The van der Waals surface area contributed by atoms with Crippen LogP contribution >= 0.6 is 0 Å². The summed E-state index contributed by atoms with van der Waals surface area (Å²) in [6.45, 7) is 7.51. The Hall–Kier alpha value is -1.40. The Kier molecular flexibility index (Phi) is 4.55. The van der Waals surface area contributed by atoms with Crippen LogP contribution in [0.3, 0.4) is 0 Å². The molecule has 2 heterocycles. The van der Waals surface area contributed by atoms with E-state index < -0.39 is 0 Å². The minimum absolute atomic E-state index is 0.473. The number of nitrogens with one attached hydrogen (secondary N) is 1. The number of aryl methyl sites for hydroxylation is 1. The van der Waals surface area contributed by atoms with E-state index in [1.165, 1.54) is 19.4 Å². The third-order valence-corrected chi connectivity index (χ3v) is 3.75. The van der Waals surface area contributed by atoms with Gasteiger partial charge in [0, 0.05) is 31.4 Å². The van der Waals surface area contributed by atoms with Gasteiger partial charge in [-0.3, -0.25) is 10.3 Å². The van der Waals surface area contributed by atoms with E-state index >= 15 is 0 Å². The van der Waals surface area contributed by atoms with Crippen molar-refractivity contribution >= 4 is 11.8 Å². The van der Waals surface area contributed by atoms with Crippen LogP contribution in [0.2, 0.25) is 0 Å². The zero-order valence-corrected chi connectivity index (χ0v) is 12.1. The first-order valence-electron chi connectivity index (χ1n) is 6.91. The third-order valence-electron chi connectivity index (χ3n) is 3.75. The highest BCUT2D eigenvalue weighted by atomic mass is 15.3. The number of rotatable bonds is 5. The standard InChI is InChI=1S/C13H24N6/c1-4-19-7-5-6-11(19)9-18(3)12-8-10(2)15-13(16-12)17-14/h8,11H,4-7,9,14H2,1-3H3,(H,15,16,17). The largest absolute Gasteiger partial charge is 0.358 e. The number of hydrogen-bond donors (Lipinski definition) is 2. The van der Waals surface area contributed by atoms with E-state index in [-0.39, 0.29) is 0 Å². The number of aromatic nitrogens is 2. The molecule has 0 spiro atoms. The smallest absolute Gasteiger partial charge is 0.239 e. The number of likely N-dealkylation sites (tertiary alicyclic amines) is 1. The molecule has 1 fully saturated rings. The van der Waals surface area contributed by atoms with Gasteiger partial charge in [-0.15, -0.1) is 0 Å². The van der Waals surface area contributed by atoms with Gasteiger partial charge in [-0.05, 0) is 32.9 Å². The molecule has 0 bridgehead atoms. The number of nitrogens with zero attached hydrogens (tertiary/aromatic N) is 4. The maximum Gasteiger partial charge on any atom is 0.239 e. The Morgan fingerprint density at radius 1 is 1.53 bits per heavy atom. The molecule has 1 atom stereocenters. The zero-order chi connectivity index (χ0) is 13.8. The number of hydrazine groups is 1. The van der Waals surface area contributed by atoms with Gasteiger partial charge < -0.3 is 4.90 Å². The van der Waals surface area contributed by atoms with Crippen molar-refractivity contribution in [2.24, 2.45) is 5.84 Å². The molecule has 1 aromatic heterocycles. The van der Waals surface area contributed by atoms with Gasteiger partial charge in [0.15, 0.2) is 0 Å². The molecule has 0 amide bonds. The van der Waals surface area contributed by atoms with Crippen LogP contribution in [0.1, 0.15) is 25.5 Å². The van der Waals surface area contributed by atoms with Crippen molar-refractivity contribution < 1.29 is 0 Å². The summed E-state index contributed by atoms with van der Waals surface area (Å²) < 4.78 is 0. The van der Waals surface area contributed by atoms with Crippen LogP contribution < -0.4 is 16.2 Å². The molecule has 2 rings (SSSR count). The maximum atomic E-state index is 5.39. The van der Waals surface area contributed by atoms with Crippen LogP contribution in [0, 0.1) is 6.92 Å². The molecule has 0 saturated carbocycles. The second-order valence-electron chi connectivity index (χ2n) is 5.14. The van der Waals surface area contributed by atoms with E-state index in [1.54, 1.807) is 0 Å². The molecule has 3 N–H and O–H groups in total. The molecule has 0 aliphatic carbocycles. The Labute approximate surface area is 115 Å². The molecular weight excluding hydrogens is 240 g/mol. The molecule has 19 heavy (non-hydrogen) atoms. The van der Waals surface area contributed by atoms with Gasteiger partial charge in [-0.1, -0.05) is 6.92 Å². The van der Waals surface area contributed by atoms with Gasteiger partial charge in [0.2, 0.25) is 5.95 Å². The average Bonchev–Trinajstić information content (AvgIpc) is 2.85. The zero-order valence-electron chi connectivity index (χ0n) is 12.1. The van der Waals surface area contributed by atoms with E-state index in [9.17, 15) is 0 Å². The number of anilines is 2. The first-order valence-corrected chi connectivity index (χ1v) is 6.91. The predicted octanol–water partition coefficient (Wildman–Crippen LogP) is 0.991. The minimum atomic E-state index is 0.473. The van der Waals surface area contributed by atoms with Crippen LogP contribution in [-0.4, -0.2) is 47.6 Å². The normalized spacial score (nSPS) is 19.7. The van der Waals surface area contributed by atoms with Gasteiger partial charge in [-0.25, -0.2) is 10.8 Å². The summed E-state index contributed by atoms with van der Waals surface area (Å²) in [4.78, 5) is 13.3. The Morgan fingerprint density at radius 3 is 3.00 bits per heavy atom. The molecule has 1 aliphatic rings. The number of nitrogen functional groups attached to an aromatic ring is 1. The lowest BCUT2D eigenvalue weighted by Crippen LogP contribution is -2.39. The molecular formula is C13H24N6.